The summed E-state index contributed by atoms with van der Waals surface area (Å²) in [6, 6.07) is 6.05. The van der Waals surface area contributed by atoms with Crippen molar-refractivity contribution < 1.29 is 4.74 Å². The third-order valence-corrected chi connectivity index (χ3v) is 3.30. The largest absolute Gasteiger partial charge is 0.383 e. The van der Waals surface area contributed by atoms with Gasteiger partial charge in [-0.25, -0.2) is 0 Å². The van der Waals surface area contributed by atoms with Gasteiger partial charge < -0.3 is 10.1 Å². The zero-order chi connectivity index (χ0) is 12.1. The molecule has 1 aliphatic heterocycles. The fraction of sp³-hybridized carbons (Fsp3) is 0.538. The van der Waals surface area contributed by atoms with E-state index >= 15 is 0 Å². The van der Waals surface area contributed by atoms with Gasteiger partial charge in [-0.05, 0) is 24.6 Å². The quantitative estimate of drug-likeness (QED) is 0.893. The number of rotatable bonds is 4. The van der Waals surface area contributed by atoms with E-state index in [9.17, 15) is 0 Å². The summed E-state index contributed by atoms with van der Waals surface area (Å²) < 4.78 is 5.32. The van der Waals surface area contributed by atoms with Crippen molar-refractivity contribution in [2.75, 3.05) is 44.7 Å². The third-order valence-electron chi connectivity index (χ3n) is 2.97. The number of morpholine rings is 1. The molecule has 1 aromatic rings. The van der Waals surface area contributed by atoms with E-state index in [4.69, 9.17) is 16.3 Å². The monoisotopic (exact) mass is 254 g/mol. The van der Waals surface area contributed by atoms with Gasteiger partial charge in [0.15, 0.2) is 0 Å². The molecule has 0 aliphatic carbocycles. The molecule has 1 saturated heterocycles. The van der Waals surface area contributed by atoms with Crippen LogP contribution in [0.2, 0.25) is 5.02 Å². The van der Waals surface area contributed by atoms with Crippen LogP contribution in [0.1, 0.15) is 5.56 Å². The average Bonchev–Trinajstić information content (AvgIpc) is 2.35. The normalized spacial score (nSPS) is 17.1. The van der Waals surface area contributed by atoms with Gasteiger partial charge in [0.05, 0.1) is 23.9 Å². The Labute approximate surface area is 108 Å². The summed E-state index contributed by atoms with van der Waals surface area (Å²) in [7, 11) is 0. The molecule has 0 spiro atoms. The van der Waals surface area contributed by atoms with E-state index in [2.05, 4.69) is 23.2 Å². The van der Waals surface area contributed by atoms with Crippen LogP contribution in [0.25, 0.3) is 0 Å². The number of aryl methyl sites for hydroxylation is 1. The molecule has 0 aromatic heterocycles. The molecular weight excluding hydrogens is 236 g/mol. The van der Waals surface area contributed by atoms with Crippen molar-refractivity contribution in [3.8, 4) is 0 Å². The molecule has 0 atom stereocenters. The molecule has 1 N–H and O–H groups in total. The van der Waals surface area contributed by atoms with Crippen molar-refractivity contribution in [1.82, 2.24) is 4.90 Å². The standard InChI is InChI=1S/C13H19ClN2O/c1-11-2-3-12(14)13(10-11)15-4-5-16-6-8-17-9-7-16/h2-3,10,15H,4-9H2,1H3. The SMILES string of the molecule is Cc1ccc(Cl)c(NCCN2CCOCC2)c1. The summed E-state index contributed by atoms with van der Waals surface area (Å²) in [4.78, 5) is 2.40. The molecule has 17 heavy (non-hydrogen) atoms. The minimum atomic E-state index is 0.789. The van der Waals surface area contributed by atoms with Crippen LogP contribution in [0, 0.1) is 6.92 Å². The number of nitrogens with zero attached hydrogens (tertiary/aromatic N) is 1. The van der Waals surface area contributed by atoms with E-state index in [1.54, 1.807) is 0 Å². The Kier molecular flexibility index (Phi) is 4.66. The first kappa shape index (κ1) is 12.7. The van der Waals surface area contributed by atoms with Gasteiger partial charge in [-0.3, -0.25) is 4.90 Å². The second-order valence-electron chi connectivity index (χ2n) is 4.36. The summed E-state index contributed by atoms with van der Waals surface area (Å²) in [5, 5.41) is 4.18. The first-order valence-corrected chi connectivity index (χ1v) is 6.43. The molecule has 1 heterocycles. The zero-order valence-electron chi connectivity index (χ0n) is 10.2. The number of nitrogens with one attached hydrogen (secondary N) is 1. The molecule has 0 unspecified atom stereocenters. The van der Waals surface area contributed by atoms with Crippen LogP contribution in [0.4, 0.5) is 5.69 Å². The molecule has 0 bridgehead atoms. The molecule has 2 rings (SSSR count). The highest BCUT2D eigenvalue weighted by atomic mass is 35.5. The van der Waals surface area contributed by atoms with Crippen molar-refractivity contribution in [1.29, 1.82) is 0 Å². The Morgan fingerprint density at radius 2 is 2.12 bits per heavy atom. The minimum Gasteiger partial charge on any atom is -0.383 e. The summed E-state index contributed by atoms with van der Waals surface area (Å²) in [5.41, 5.74) is 2.25. The maximum atomic E-state index is 6.12. The van der Waals surface area contributed by atoms with Crippen molar-refractivity contribution in [2.45, 2.75) is 6.92 Å². The van der Waals surface area contributed by atoms with E-state index in [1.807, 2.05) is 12.1 Å². The highest BCUT2D eigenvalue weighted by Gasteiger charge is 2.09. The van der Waals surface area contributed by atoms with Crippen molar-refractivity contribution in [2.24, 2.45) is 0 Å². The molecule has 3 nitrogen and oxygen atoms in total. The van der Waals surface area contributed by atoms with Gasteiger partial charge in [0, 0.05) is 26.2 Å². The lowest BCUT2D eigenvalue weighted by atomic mass is 10.2. The molecule has 0 amide bonds. The summed E-state index contributed by atoms with van der Waals surface area (Å²) in [5.74, 6) is 0. The van der Waals surface area contributed by atoms with Crippen molar-refractivity contribution in [3.05, 3.63) is 28.8 Å². The first-order chi connectivity index (χ1) is 8.25. The average molecular weight is 255 g/mol. The molecule has 1 aliphatic rings. The minimum absolute atomic E-state index is 0.789. The van der Waals surface area contributed by atoms with Gasteiger partial charge in [-0.1, -0.05) is 17.7 Å². The smallest absolute Gasteiger partial charge is 0.0637 e. The first-order valence-electron chi connectivity index (χ1n) is 6.06. The predicted molar refractivity (Wildman–Crippen MR) is 71.9 cm³/mol. The van der Waals surface area contributed by atoms with E-state index < -0.39 is 0 Å². The number of anilines is 1. The second-order valence-corrected chi connectivity index (χ2v) is 4.77. The summed E-state index contributed by atoms with van der Waals surface area (Å²) >= 11 is 6.12. The van der Waals surface area contributed by atoms with Crippen LogP contribution in [0.15, 0.2) is 18.2 Å². The number of halogens is 1. The van der Waals surface area contributed by atoms with Crippen molar-refractivity contribution in [3.63, 3.8) is 0 Å². The Hall–Kier alpha value is -0.770. The molecule has 0 radical (unpaired) electrons. The highest BCUT2D eigenvalue weighted by Crippen LogP contribution is 2.22. The Bertz CT molecular complexity index is 364. The van der Waals surface area contributed by atoms with Crippen molar-refractivity contribution >= 4 is 17.3 Å². The topological polar surface area (TPSA) is 24.5 Å². The number of hydrogen-bond acceptors (Lipinski definition) is 3. The predicted octanol–water partition coefficient (Wildman–Crippen LogP) is 2.39. The van der Waals surface area contributed by atoms with E-state index in [1.165, 1.54) is 5.56 Å². The molecule has 1 aromatic carbocycles. The highest BCUT2D eigenvalue weighted by molar-refractivity contribution is 6.33. The summed E-state index contributed by atoms with van der Waals surface area (Å²) in [6.45, 7) is 7.79. The van der Waals surface area contributed by atoms with E-state index in [-0.39, 0.29) is 0 Å². The van der Waals surface area contributed by atoms with Gasteiger partial charge in [0.25, 0.3) is 0 Å². The summed E-state index contributed by atoms with van der Waals surface area (Å²) in [6.07, 6.45) is 0. The molecule has 94 valence electrons. The fourth-order valence-electron chi connectivity index (χ4n) is 1.95. The number of benzene rings is 1. The lowest BCUT2D eigenvalue weighted by Gasteiger charge is -2.26. The number of hydrogen-bond donors (Lipinski definition) is 1. The van der Waals surface area contributed by atoms with Gasteiger partial charge in [-0.2, -0.15) is 0 Å². The van der Waals surface area contributed by atoms with Crippen LogP contribution in [-0.4, -0.2) is 44.3 Å². The molecule has 4 heteroatoms. The maximum absolute atomic E-state index is 6.12. The van der Waals surface area contributed by atoms with E-state index in [0.717, 1.165) is 50.1 Å². The van der Waals surface area contributed by atoms with Crippen LogP contribution in [0.3, 0.4) is 0 Å². The molecule has 1 fully saturated rings. The van der Waals surface area contributed by atoms with Gasteiger partial charge in [-0.15, -0.1) is 0 Å². The Balaban J connectivity index is 1.79. The molecule has 0 saturated carbocycles. The van der Waals surface area contributed by atoms with E-state index in [0.29, 0.717) is 0 Å². The Morgan fingerprint density at radius 3 is 2.88 bits per heavy atom. The van der Waals surface area contributed by atoms with Crippen LogP contribution in [0.5, 0.6) is 0 Å². The van der Waals surface area contributed by atoms with Crippen LogP contribution < -0.4 is 5.32 Å². The maximum Gasteiger partial charge on any atom is 0.0637 e. The fourth-order valence-corrected chi connectivity index (χ4v) is 2.13. The van der Waals surface area contributed by atoms with Gasteiger partial charge in [0.2, 0.25) is 0 Å². The third kappa shape index (κ3) is 3.87. The van der Waals surface area contributed by atoms with Gasteiger partial charge in [0.1, 0.15) is 0 Å². The lowest BCUT2D eigenvalue weighted by molar-refractivity contribution is 0.0398. The van der Waals surface area contributed by atoms with Gasteiger partial charge >= 0.3 is 0 Å². The Morgan fingerprint density at radius 1 is 1.35 bits per heavy atom. The van der Waals surface area contributed by atoms with Crippen LogP contribution >= 0.6 is 11.6 Å². The number of ether oxygens (including phenoxy) is 1. The second kappa shape index (κ2) is 6.24. The molecular formula is C13H19ClN2O. The lowest BCUT2D eigenvalue weighted by Crippen LogP contribution is -2.39. The zero-order valence-corrected chi connectivity index (χ0v) is 11.0. The van der Waals surface area contributed by atoms with Crippen LogP contribution in [-0.2, 0) is 4.74 Å².